The van der Waals surface area contributed by atoms with Crippen molar-refractivity contribution in [1.82, 2.24) is 5.32 Å². The molecule has 0 bridgehead atoms. The molecule has 0 radical (unpaired) electrons. The second-order valence-electron chi connectivity index (χ2n) is 4.97. The van der Waals surface area contributed by atoms with Gasteiger partial charge in [0.2, 0.25) is 0 Å². The lowest BCUT2D eigenvalue weighted by Crippen LogP contribution is -2.23. The van der Waals surface area contributed by atoms with E-state index in [0.29, 0.717) is 6.04 Å². The van der Waals surface area contributed by atoms with Gasteiger partial charge in [0, 0.05) is 15.4 Å². The zero-order chi connectivity index (χ0) is 14.5. The van der Waals surface area contributed by atoms with Crippen molar-refractivity contribution < 1.29 is 0 Å². The number of thiophene rings is 1. The lowest BCUT2D eigenvalue weighted by molar-refractivity contribution is 0.536. The van der Waals surface area contributed by atoms with Crippen LogP contribution >= 0.6 is 38.9 Å². The van der Waals surface area contributed by atoms with Crippen molar-refractivity contribution in [3.8, 4) is 0 Å². The lowest BCUT2D eigenvalue weighted by atomic mass is 10.0. The molecule has 0 amide bonds. The van der Waals surface area contributed by atoms with Crippen LogP contribution in [0.2, 0.25) is 4.34 Å². The number of aryl methyl sites for hydroxylation is 1. The Kier molecular flexibility index (Phi) is 6.09. The molecule has 1 unspecified atom stereocenters. The van der Waals surface area contributed by atoms with Crippen molar-refractivity contribution in [3.05, 3.63) is 55.1 Å². The molecule has 0 fully saturated rings. The summed E-state index contributed by atoms with van der Waals surface area (Å²) >= 11 is 11.3. The molecule has 1 N–H and O–H groups in total. The van der Waals surface area contributed by atoms with E-state index in [-0.39, 0.29) is 0 Å². The first-order chi connectivity index (χ1) is 9.60. The molecule has 0 spiro atoms. The van der Waals surface area contributed by atoms with Gasteiger partial charge in [-0.1, -0.05) is 48.4 Å². The van der Waals surface area contributed by atoms with Gasteiger partial charge < -0.3 is 5.32 Å². The third kappa shape index (κ3) is 4.32. The lowest BCUT2D eigenvalue weighted by Gasteiger charge is -2.17. The Labute approximate surface area is 138 Å². The molecule has 2 rings (SSSR count). The maximum absolute atomic E-state index is 6.18. The Bertz CT molecular complexity index is 548. The molecular formula is C16H19BrClNS. The molecule has 2 aromatic rings. The van der Waals surface area contributed by atoms with Gasteiger partial charge >= 0.3 is 0 Å². The molecule has 0 aliphatic heterocycles. The van der Waals surface area contributed by atoms with Crippen molar-refractivity contribution in [3.63, 3.8) is 0 Å². The predicted octanol–water partition coefficient (Wildman–Crippen LogP) is 5.76. The molecule has 0 aliphatic carbocycles. The number of benzene rings is 1. The van der Waals surface area contributed by atoms with Crippen LogP contribution in [0.25, 0.3) is 0 Å². The first-order valence-corrected chi connectivity index (χ1v) is 8.82. The van der Waals surface area contributed by atoms with Crippen LogP contribution in [-0.2, 0) is 6.42 Å². The van der Waals surface area contributed by atoms with Crippen LogP contribution in [0.15, 0.2) is 34.8 Å². The van der Waals surface area contributed by atoms with E-state index in [1.807, 2.05) is 0 Å². The van der Waals surface area contributed by atoms with Crippen LogP contribution in [0.4, 0.5) is 0 Å². The van der Waals surface area contributed by atoms with Crippen LogP contribution in [0.5, 0.6) is 0 Å². The summed E-state index contributed by atoms with van der Waals surface area (Å²) < 4.78 is 1.82. The second kappa shape index (κ2) is 7.60. The van der Waals surface area contributed by atoms with Crippen LogP contribution in [-0.4, -0.2) is 6.54 Å². The fourth-order valence-corrected chi connectivity index (χ4v) is 4.01. The maximum atomic E-state index is 6.18. The van der Waals surface area contributed by atoms with E-state index in [9.17, 15) is 0 Å². The summed E-state index contributed by atoms with van der Waals surface area (Å²) in [4.78, 5) is 1.29. The van der Waals surface area contributed by atoms with Crippen molar-refractivity contribution in [2.45, 2.75) is 32.7 Å². The van der Waals surface area contributed by atoms with Crippen molar-refractivity contribution in [2.24, 2.45) is 0 Å². The van der Waals surface area contributed by atoms with E-state index < -0.39 is 0 Å². The van der Waals surface area contributed by atoms with E-state index >= 15 is 0 Å². The highest BCUT2D eigenvalue weighted by atomic mass is 79.9. The Balaban J connectivity index is 2.19. The average molecular weight is 373 g/mol. The number of hydrogen-bond acceptors (Lipinski definition) is 2. The van der Waals surface area contributed by atoms with Crippen molar-refractivity contribution in [1.29, 1.82) is 0 Å². The van der Waals surface area contributed by atoms with Gasteiger partial charge in [0.15, 0.2) is 0 Å². The van der Waals surface area contributed by atoms with Crippen molar-refractivity contribution >= 4 is 38.9 Å². The Morgan fingerprint density at radius 2 is 2.15 bits per heavy atom. The molecule has 1 nitrogen and oxygen atoms in total. The average Bonchev–Trinajstić information content (AvgIpc) is 2.74. The van der Waals surface area contributed by atoms with Gasteiger partial charge in [0.25, 0.3) is 0 Å². The first kappa shape index (κ1) is 16.0. The van der Waals surface area contributed by atoms with Gasteiger partial charge in [-0.2, -0.15) is 0 Å². The van der Waals surface area contributed by atoms with Crippen molar-refractivity contribution in [2.75, 3.05) is 6.54 Å². The smallest absolute Gasteiger partial charge is 0.107 e. The van der Waals surface area contributed by atoms with Crippen LogP contribution in [0, 0.1) is 6.92 Å². The predicted molar refractivity (Wildman–Crippen MR) is 92.9 cm³/mol. The molecule has 4 heteroatoms. The van der Waals surface area contributed by atoms with E-state index in [4.69, 9.17) is 11.6 Å². The Morgan fingerprint density at radius 1 is 1.35 bits per heavy atom. The van der Waals surface area contributed by atoms with Gasteiger partial charge in [0.1, 0.15) is 4.34 Å². The first-order valence-electron chi connectivity index (χ1n) is 6.83. The third-order valence-corrected chi connectivity index (χ3v) is 5.76. The van der Waals surface area contributed by atoms with Gasteiger partial charge in [-0.3, -0.25) is 0 Å². The Hall–Kier alpha value is -0.350. The minimum atomic E-state index is 0.325. The van der Waals surface area contributed by atoms with Gasteiger partial charge in [-0.15, -0.1) is 11.3 Å². The summed E-state index contributed by atoms with van der Waals surface area (Å²) in [5, 5.41) is 3.63. The summed E-state index contributed by atoms with van der Waals surface area (Å²) in [6.45, 7) is 5.34. The molecule has 1 aromatic heterocycles. The van der Waals surface area contributed by atoms with Gasteiger partial charge in [-0.05, 0) is 53.9 Å². The number of nitrogens with one attached hydrogen (secondary N) is 1. The molecule has 0 aliphatic rings. The SMILES string of the molecule is CCCNC(Cc1cccc(C)c1)c1cc(Br)c(Cl)s1. The Morgan fingerprint density at radius 3 is 2.75 bits per heavy atom. The summed E-state index contributed by atoms with van der Waals surface area (Å²) in [5.41, 5.74) is 2.67. The second-order valence-corrected chi connectivity index (χ2v) is 7.51. The summed E-state index contributed by atoms with van der Waals surface area (Å²) in [5.74, 6) is 0. The largest absolute Gasteiger partial charge is 0.309 e. The fraction of sp³-hybridized carbons (Fsp3) is 0.375. The standard InChI is InChI=1S/C16H19BrClNS/c1-3-7-19-14(15-10-13(17)16(18)20-15)9-12-6-4-5-11(2)8-12/h4-6,8,10,14,19H,3,7,9H2,1-2H3. The fourth-order valence-electron chi connectivity index (χ4n) is 2.20. The van der Waals surface area contributed by atoms with E-state index in [0.717, 1.165) is 28.2 Å². The highest BCUT2D eigenvalue weighted by Gasteiger charge is 2.16. The van der Waals surface area contributed by atoms with Gasteiger partial charge in [0.05, 0.1) is 0 Å². The number of hydrogen-bond donors (Lipinski definition) is 1. The van der Waals surface area contributed by atoms with E-state index in [1.165, 1.54) is 16.0 Å². The minimum Gasteiger partial charge on any atom is -0.309 e. The van der Waals surface area contributed by atoms with E-state index in [2.05, 4.69) is 65.4 Å². The molecule has 0 saturated heterocycles. The summed E-state index contributed by atoms with van der Waals surface area (Å²) in [6.07, 6.45) is 2.12. The summed E-state index contributed by atoms with van der Waals surface area (Å²) in [7, 11) is 0. The molecule has 108 valence electrons. The quantitative estimate of drug-likeness (QED) is 0.680. The molecule has 20 heavy (non-hydrogen) atoms. The van der Waals surface area contributed by atoms with Crippen LogP contribution in [0.3, 0.4) is 0 Å². The van der Waals surface area contributed by atoms with Gasteiger partial charge in [-0.25, -0.2) is 0 Å². The molecule has 1 heterocycles. The van der Waals surface area contributed by atoms with E-state index in [1.54, 1.807) is 11.3 Å². The molecular weight excluding hydrogens is 354 g/mol. The maximum Gasteiger partial charge on any atom is 0.107 e. The molecule has 1 atom stereocenters. The highest BCUT2D eigenvalue weighted by molar-refractivity contribution is 9.10. The minimum absolute atomic E-state index is 0.325. The summed E-state index contributed by atoms with van der Waals surface area (Å²) in [6, 6.07) is 11.2. The zero-order valence-electron chi connectivity index (χ0n) is 11.7. The zero-order valence-corrected chi connectivity index (χ0v) is 14.9. The highest BCUT2D eigenvalue weighted by Crippen LogP contribution is 2.36. The number of rotatable bonds is 6. The normalized spacial score (nSPS) is 12.6. The molecule has 1 aromatic carbocycles. The number of halogens is 2. The third-order valence-electron chi connectivity index (χ3n) is 3.17. The monoisotopic (exact) mass is 371 g/mol. The topological polar surface area (TPSA) is 12.0 Å². The van der Waals surface area contributed by atoms with Crippen LogP contribution < -0.4 is 5.32 Å². The van der Waals surface area contributed by atoms with Crippen LogP contribution in [0.1, 0.15) is 35.4 Å². The molecule has 0 saturated carbocycles.